The average molecular weight is 330 g/mol. The fraction of sp³-hybridized carbons (Fsp3) is 0.500. The van der Waals surface area contributed by atoms with Crippen LogP contribution in [0.15, 0.2) is 18.2 Å². The molecular weight excluding hydrogens is 310 g/mol. The summed E-state index contributed by atoms with van der Waals surface area (Å²) in [6, 6.07) is 5.60. The predicted molar refractivity (Wildman–Crippen MR) is 79.3 cm³/mol. The molecule has 4 nitrogen and oxygen atoms in total. The number of benzene rings is 1. The van der Waals surface area contributed by atoms with E-state index in [1.807, 2.05) is 25.1 Å². The maximum atomic E-state index is 12.3. The Labute approximate surface area is 122 Å². The second-order valence-corrected chi connectivity index (χ2v) is 4.96. The van der Waals surface area contributed by atoms with Crippen molar-refractivity contribution in [1.82, 2.24) is 5.32 Å². The number of hydrogen-bond donors (Lipinski definition) is 1. The summed E-state index contributed by atoms with van der Waals surface area (Å²) in [5.74, 6) is 0.462. The number of carbonyl (C=O) groups excluding carboxylic acids is 1. The number of carbonyl (C=O) groups is 1. The van der Waals surface area contributed by atoms with Gasteiger partial charge in [-0.25, -0.2) is 0 Å². The first-order valence-corrected chi connectivity index (χ1v) is 7.25. The van der Waals surface area contributed by atoms with Gasteiger partial charge in [0, 0.05) is 25.1 Å². The van der Waals surface area contributed by atoms with Crippen molar-refractivity contribution in [3.63, 3.8) is 0 Å². The zero-order valence-corrected chi connectivity index (χ0v) is 13.1. The van der Waals surface area contributed by atoms with Gasteiger partial charge in [0.1, 0.15) is 5.75 Å². The van der Waals surface area contributed by atoms with Crippen LogP contribution in [0.4, 0.5) is 0 Å². The van der Waals surface area contributed by atoms with Gasteiger partial charge in [-0.2, -0.15) is 0 Å². The zero-order valence-electron chi connectivity index (χ0n) is 11.5. The number of halogens is 1. The Bertz CT molecular complexity index is 423. The van der Waals surface area contributed by atoms with Crippen LogP contribution in [0.25, 0.3) is 0 Å². The third kappa shape index (κ3) is 4.84. The highest BCUT2D eigenvalue weighted by molar-refractivity contribution is 9.09. The largest absolute Gasteiger partial charge is 0.496 e. The van der Waals surface area contributed by atoms with Crippen molar-refractivity contribution < 1.29 is 14.3 Å². The first-order chi connectivity index (χ1) is 9.12. The molecule has 5 heteroatoms. The quantitative estimate of drug-likeness (QED) is 0.782. The minimum Gasteiger partial charge on any atom is -0.496 e. The molecule has 0 saturated heterocycles. The van der Waals surface area contributed by atoms with Gasteiger partial charge >= 0.3 is 0 Å². The summed E-state index contributed by atoms with van der Waals surface area (Å²) in [6.07, 6.45) is 0.765. The van der Waals surface area contributed by atoms with Crippen molar-refractivity contribution in [2.75, 3.05) is 26.2 Å². The minimum absolute atomic E-state index is 0.0395. The number of hydrogen-bond acceptors (Lipinski definition) is 3. The monoisotopic (exact) mass is 329 g/mol. The van der Waals surface area contributed by atoms with Crippen molar-refractivity contribution in [3.8, 4) is 5.75 Å². The minimum atomic E-state index is -0.124. The highest BCUT2D eigenvalue weighted by Crippen LogP contribution is 2.19. The van der Waals surface area contributed by atoms with Gasteiger partial charge in [-0.15, -0.1) is 0 Å². The molecule has 1 aromatic rings. The Balaban J connectivity index is 2.78. The van der Waals surface area contributed by atoms with Gasteiger partial charge in [0.05, 0.1) is 12.7 Å². The molecule has 1 atom stereocenters. The number of rotatable bonds is 7. The molecule has 1 N–H and O–H groups in total. The molecule has 1 unspecified atom stereocenters. The lowest BCUT2D eigenvalue weighted by molar-refractivity contribution is 0.0928. The summed E-state index contributed by atoms with van der Waals surface area (Å²) in [6.45, 7) is 2.56. The van der Waals surface area contributed by atoms with E-state index in [2.05, 4.69) is 21.2 Å². The predicted octanol–water partition coefficient (Wildman–Crippen LogP) is 2.53. The number of ether oxygens (including phenoxy) is 2. The van der Waals surface area contributed by atoms with Crippen LogP contribution in [0.5, 0.6) is 5.75 Å². The molecule has 0 saturated carbocycles. The number of amides is 1. The molecule has 0 radical (unpaired) electrons. The molecule has 1 rings (SSSR count). The average Bonchev–Trinajstić information content (AvgIpc) is 2.43. The van der Waals surface area contributed by atoms with Crippen LogP contribution in [0.1, 0.15) is 22.3 Å². The lowest BCUT2D eigenvalue weighted by atomic mass is 10.1. The van der Waals surface area contributed by atoms with E-state index in [1.165, 1.54) is 0 Å². The summed E-state index contributed by atoms with van der Waals surface area (Å²) in [5, 5.41) is 3.66. The van der Waals surface area contributed by atoms with Gasteiger partial charge in [-0.05, 0) is 25.5 Å². The standard InChI is InChI=1S/C14H20BrNO3/c1-10-4-5-13(19-3)12(8-10)14(17)16-11(9-15)6-7-18-2/h4-5,8,11H,6-7,9H2,1-3H3,(H,16,17). The summed E-state index contributed by atoms with van der Waals surface area (Å²) in [7, 11) is 3.21. The van der Waals surface area contributed by atoms with Gasteiger partial charge in [0.2, 0.25) is 0 Å². The summed E-state index contributed by atoms with van der Waals surface area (Å²) in [5.41, 5.74) is 1.59. The molecule has 106 valence electrons. The van der Waals surface area contributed by atoms with Crippen LogP contribution in [-0.4, -0.2) is 38.1 Å². The summed E-state index contributed by atoms with van der Waals surface area (Å²) >= 11 is 3.40. The summed E-state index contributed by atoms with van der Waals surface area (Å²) in [4.78, 5) is 12.3. The Kier molecular flexibility index (Phi) is 6.87. The lowest BCUT2D eigenvalue weighted by Gasteiger charge is -2.17. The van der Waals surface area contributed by atoms with E-state index in [0.29, 0.717) is 23.2 Å². The number of methoxy groups -OCH3 is 2. The Hall–Kier alpha value is -1.07. The van der Waals surface area contributed by atoms with E-state index in [1.54, 1.807) is 14.2 Å². The van der Waals surface area contributed by atoms with Crippen LogP contribution >= 0.6 is 15.9 Å². The number of alkyl halides is 1. The van der Waals surface area contributed by atoms with Crippen molar-refractivity contribution in [1.29, 1.82) is 0 Å². The van der Waals surface area contributed by atoms with Gasteiger partial charge in [-0.3, -0.25) is 4.79 Å². The smallest absolute Gasteiger partial charge is 0.255 e. The first kappa shape index (κ1) is 16.0. The normalized spacial score (nSPS) is 12.0. The Morgan fingerprint density at radius 1 is 1.42 bits per heavy atom. The molecule has 0 aliphatic heterocycles. The molecule has 1 amide bonds. The van der Waals surface area contributed by atoms with E-state index in [9.17, 15) is 4.79 Å². The highest BCUT2D eigenvalue weighted by Gasteiger charge is 2.16. The van der Waals surface area contributed by atoms with Crippen LogP contribution in [-0.2, 0) is 4.74 Å². The van der Waals surface area contributed by atoms with Gasteiger partial charge < -0.3 is 14.8 Å². The van der Waals surface area contributed by atoms with Crippen LogP contribution < -0.4 is 10.1 Å². The fourth-order valence-corrected chi connectivity index (χ4v) is 2.20. The molecule has 0 spiro atoms. The Morgan fingerprint density at radius 2 is 2.16 bits per heavy atom. The molecule has 0 aromatic heterocycles. The van der Waals surface area contributed by atoms with Gasteiger partial charge in [0.15, 0.2) is 0 Å². The van der Waals surface area contributed by atoms with Crippen molar-refractivity contribution in [2.24, 2.45) is 0 Å². The molecule has 0 bridgehead atoms. The van der Waals surface area contributed by atoms with E-state index in [0.717, 1.165) is 12.0 Å². The SMILES string of the molecule is COCCC(CBr)NC(=O)c1cc(C)ccc1OC. The van der Waals surface area contributed by atoms with Crippen LogP contribution in [0.3, 0.4) is 0 Å². The topological polar surface area (TPSA) is 47.6 Å². The zero-order chi connectivity index (χ0) is 14.3. The third-order valence-corrected chi connectivity index (χ3v) is 3.57. The maximum Gasteiger partial charge on any atom is 0.255 e. The van der Waals surface area contributed by atoms with Crippen LogP contribution in [0, 0.1) is 6.92 Å². The van der Waals surface area contributed by atoms with E-state index >= 15 is 0 Å². The molecule has 1 aromatic carbocycles. The van der Waals surface area contributed by atoms with Crippen LogP contribution in [0.2, 0.25) is 0 Å². The Morgan fingerprint density at radius 3 is 2.74 bits per heavy atom. The highest BCUT2D eigenvalue weighted by atomic mass is 79.9. The van der Waals surface area contributed by atoms with E-state index < -0.39 is 0 Å². The van der Waals surface area contributed by atoms with E-state index in [-0.39, 0.29) is 11.9 Å². The van der Waals surface area contributed by atoms with Crippen molar-refractivity contribution in [2.45, 2.75) is 19.4 Å². The summed E-state index contributed by atoms with van der Waals surface area (Å²) < 4.78 is 10.2. The molecule has 0 aliphatic rings. The van der Waals surface area contributed by atoms with Gasteiger partial charge in [0.25, 0.3) is 5.91 Å². The fourth-order valence-electron chi connectivity index (χ4n) is 1.71. The molecule has 0 fully saturated rings. The first-order valence-electron chi connectivity index (χ1n) is 6.12. The molecule has 0 heterocycles. The van der Waals surface area contributed by atoms with Crippen molar-refractivity contribution in [3.05, 3.63) is 29.3 Å². The number of aryl methyl sites for hydroxylation is 1. The second-order valence-electron chi connectivity index (χ2n) is 4.31. The third-order valence-electron chi connectivity index (χ3n) is 2.79. The maximum absolute atomic E-state index is 12.3. The molecular formula is C14H20BrNO3. The number of nitrogens with one attached hydrogen (secondary N) is 1. The lowest BCUT2D eigenvalue weighted by Crippen LogP contribution is -2.37. The molecule has 19 heavy (non-hydrogen) atoms. The molecule has 0 aliphatic carbocycles. The second kappa shape index (κ2) is 8.17. The van der Waals surface area contributed by atoms with E-state index in [4.69, 9.17) is 9.47 Å². The van der Waals surface area contributed by atoms with Gasteiger partial charge in [-0.1, -0.05) is 27.6 Å². The van der Waals surface area contributed by atoms with Crippen molar-refractivity contribution >= 4 is 21.8 Å².